The molecule has 244 valence electrons. The molecule has 1 aliphatic carbocycles. The maximum absolute atomic E-state index is 11.5. The second-order valence-electron chi connectivity index (χ2n) is 10.8. The highest BCUT2D eigenvalue weighted by atomic mass is 35.5. The van der Waals surface area contributed by atoms with Crippen molar-refractivity contribution >= 4 is 35.5 Å². The Labute approximate surface area is 269 Å². The third-order valence-electron chi connectivity index (χ3n) is 6.85. The molecule has 0 aromatic rings. The highest BCUT2D eigenvalue weighted by molar-refractivity contribution is 6.24. The van der Waals surface area contributed by atoms with Crippen molar-refractivity contribution in [1.29, 1.82) is 0 Å². The van der Waals surface area contributed by atoms with Crippen LogP contribution in [0, 0.1) is 23.8 Å². The van der Waals surface area contributed by atoms with Crippen LogP contribution in [0.3, 0.4) is 0 Å². The van der Waals surface area contributed by atoms with Gasteiger partial charge in [0, 0.05) is 45.7 Å². The number of carbonyl (C=O) groups is 4. The van der Waals surface area contributed by atoms with E-state index in [0.29, 0.717) is 12.8 Å². The van der Waals surface area contributed by atoms with E-state index in [1.807, 2.05) is 0 Å². The first-order valence-corrected chi connectivity index (χ1v) is 15.3. The molecule has 2 heterocycles. The molecule has 3 aliphatic rings. The van der Waals surface area contributed by atoms with Gasteiger partial charge in [0.2, 0.25) is 0 Å². The van der Waals surface area contributed by atoms with E-state index in [1.54, 1.807) is 24.3 Å². The molecule has 2 aliphatic heterocycles. The number of halogens is 1. The maximum atomic E-state index is 11.5. The highest BCUT2D eigenvalue weighted by Crippen LogP contribution is 2.30. The molecule has 7 atom stereocenters. The van der Waals surface area contributed by atoms with Crippen LogP contribution in [0.5, 0.6) is 0 Å². The van der Waals surface area contributed by atoms with Crippen molar-refractivity contribution in [2.75, 3.05) is 13.2 Å². The van der Waals surface area contributed by atoms with Gasteiger partial charge in [-0.1, -0.05) is 35.9 Å². The number of ether oxygens (including phenoxy) is 6. The summed E-state index contributed by atoms with van der Waals surface area (Å²) < 4.78 is 32.6. The molecule has 0 aromatic carbocycles. The van der Waals surface area contributed by atoms with E-state index in [1.165, 1.54) is 27.7 Å². The van der Waals surface area contributed by atoms with Crippen molar-refractivity contribution in [3.8, 4) is 23.8 Å². The summed E-state index contributed by atoms with van der Waals surface area (Å²) in [6.45, 7) is 4.99. The fourth-order valence-corrected chi connectivity index (χ4v) is 5.11. The molecule has 11 nitrogen and oxygen atoms in total. The molecule has 0 saturated heterocycles. The summed E-state index contributed by atoms with van der Waals surface area (Å²) in [6.07, 6.45) is 9.47. The minimum absolute atomic E-state index is 0.0827. The van der Waals surface area contributed by atoms with Crippen LogP contribution in [0.4, 0.5) is 0 Å². The average Bonchev–Trinajstić information content (AvgIpc) is 3.05. The molecule has 0 radical (unpaired) electrons. The smallest absolute Gasteiger partial charge is 0.303 e. The summed E-state index contributed by atoms with van der Waals surface area (Å²) >= 11 is 7.08. The van der Waals surface area contributed by atoms with Gasteiger partial charge in [0.15, 0.2) is 0 Å². The van der Waals surface area contributed by atoms with Crippen LogP contribution in [0.15, 0.2) is 36.0 Å². The van der Waals surface area contributed by atoms with Gasteiger partial charge < -0.3 is 33.7 Å². The summed E-state index contributed by atoms with van der Waals surface area (Å²) in [4.78, 5) is 44.7. The number of hydrogen-bond acceptors (Lipinski definition) is 11. The van der Waals surface area contributed by atoms with Gasteiger partial charge in [0.1, 0.15) is 54.8 Å². The van der Waals surface area contributed by atoms with Gasteiger partial charge in [-0.05, 0) is 55.9 Å². The van der Waals surface area contributed by atoms with Crippen LogP contribution in [-0.4, -0.2) is 78.7 Å². The van der Waals surface area contributed by atoms with Gasteiger partial charge in [0.05, 0.1) is 0 Å². The minimum Gasteiger partial charge on any atom is -0.463 e. The van der Waals surface area contributed by atoms with Gasteiger partial charge in [0.25, 0.3) is 0 Å². The first kappa shape index (κ1) is 35.7. The Balaban J connectivity index is 1.70. The zero-order valence-corrected chi connectivity index (χ0v) is 26.7. The Morgan fingerprint density at radius 1 is 0.822 bits per heavy atom. The van der Waals surface area contributed by atoms with Gasteiger partial charge in [-0.3, -0.25) is 19.2 Å². The van der Waals surface area contributed by atoms with Crippen LogP contribution in [0.25, 0.3) is 0 Å². The lowest BCUT2D eigenvalue weighted by Crippen LogP contribution is -2.41. The van der Waals surface area contributed by atoms with Crippen molar-refractivity contribution in [3.63, 3.8) is 0 Å². The Kier molecular flexibility index (Phi) is 14.0. The minimum atomic E-state index is -0.908. The Morgan fingerprint density at radius 3 is 1.91 bits per heavy atom. The second-order valence-corrected chi connectivity index (χ2v) is 11.6. The molecule has 1 N–H and O–H groups in total. The van der Waals surface area contributed by atoms with Crippen molar-refractivity contribution in [3.05, 3.63) is 36.0 Å². The van der Waals surface area contributed by atoms with Crippen LogP contribution in [0.2, 0.25) is 0 Å². The van der Waals surface area contributed by atoms with Gasteiger partial charge in [-0.15, -0.1) is 0 Å². The van der Waals surface area contributed by atoms with E-state index in [4.69, 9.17) is 40.0 Å². The molecule has 0 bridgehead atoms. The van der Waals surface area contributed by atoms with E-state index >= 15 is 0 Å². The lowest BCUT2D eigenvalue weighted by Gasteiger charge is -2.30. The molecule has 0 aromatic heterocycles. The second kappa shape index (κ2) is 17.6. The lowest BCUT2D eigenvalue weighted by molar-refractivity contribution is -0.162. The van der Waals surface area contributed by atoms with Crippen molar-refractivity contribution < 1.29 is 47.6 Å². The van der Waals surface area contributed by atoms with Crippen molar-refractivity contribution in [2.24, 2.45) is 0 Å². The largest absolute Gasteiger partial charge is 0.463 e. The third-order valence-corrected chi connectivity index (χ3v) is 7.26. The fraction of sp³-hybridized carbons (Fsp3) is 0.576. The molecule has 0 amide bonds. The Hall–Kier alpha value is -3.77. The van der Waals surface area contributed by atoms with E-state index in [-0.39, 0.29) is 13.2 Å². The Bertz CT molecular complexity index is 1300. The number of alkyl halides is 1. The van der Waals surface area contributed by atoms with Crippen LogP contribution >= 0.6 is 11.6 Å². The monoisotopic (exact) mass is 645 g/mol. The van der Waals surface area contributed by atoms with Crippen LogP contribution in [0.1, 0.15) is 66.2 Å². The number of nitrogens with one attached hydrogen (secondary N) is 1. The van der Waals surface area contributed by atoms with E-state index in [9.17, 15) is 19.2 Å². The predicted octanol–water partition coefficient (Wildman–Crippen LogP) is 3.39. The summed E-state index contributed by atoms with van der Waals surface area (Å²) in [6, 6.07) is 2.93. The maximum Gasteiger partial charge on any atom is 0.303 e. The van der Waals surface area contributed by atoms with E-state index in [0.717, 1.165) is 31.3 Å². The molecule has 12 heteroatoms. The quantitative estimate of drug-likeness (QED) is 0.0830. The zero-order chi connectivity index (χ0) is 32.8. The van der Waals surface area contributed by atoms with Crippen LogP contribution in [-0.2, 0) is 47.6 Å². The number of allylic oxidation sites excluding steroid dienone is 1. The summed E-state index contributed by atoms with van der Waals surface area (Å²) in [5.41, 5.74) is 0.816. The average molecular weight is 646 g/mol. The van der Waals surface area contributed by atoms with Gasteiger partial charge in [-0.25, -0.2) is 0 Å². The van der Waals surface area contributed by atoms with E-state index < -0.39 is 65.5 Å². The molecule has 45 heavy (non-hydrogen) atoms. The summed E-state index contributed by atoms with van der Waals surface area (Å²) in [7, 11) is 0. The normalized spacial score (nSPS) is 30.6. The first-order valence-electron chi connectivity index (χ1n) is 14.9. The lowest BCUT2D eigenvalue weighted by atomic mass is 10.0. The molecular weight excluding hydrogens is 606 g/mol. The topological polar surface area (TPSA) is 136 Å². The SMILES string of the molecule is CC(=O)OC[C@H]1O[C@H](C#CNC2(Cl)CCCCC/C=C(/C#C[C@@H]3C=C[C@H](OC(C)=O)[C@@H](COC(C)=O)O3)C2)C=C[C@@H]1OC(C)=O. The molecule has 0 saturated carbocycles. The zero-order valence-electron chi connectivity index (χ0n) is 26.0. The standard InChI is InChI=1S/C33H40ClNO10/c1-22(36)40-20-31-29(42-24(3)38)14-12-27(44-31)11-10-26-9-7-5-6-8-17-33(34,19-26)35-18-16-28-13-15-30(43-25(4)39)32(45-28)21-41-23(2)37/h9,12-15,27-32,35H,5-8,17,19-21H2,1-4H3/b26-9-/t27-,28+,29+,30+,31-,32-,33?/m1/s1. The summed E-state index contributed by atoms with van der Waals surface area (Å²) in [5, 5.41) is 3.14. The molecule has 3 rings (SSSR count). The van der Waals surface area contributed by atoms with Crippen LogP contribution < -0.4 is 5.32 Å². The number of carbonyl (C=O) groups excluding carboxylic acids is 4. The molecule has 0 fully saturated rings. The van der Waals surface area contributed by atoms with Gasteiger partial charge in [-0.2, -0.15) is 0 Å². The predicted molar refractivity (Wildman–Crippen MR) is 163 cm³/mol. The molecular formula is C33H40ClNO10. The summed E-state index contributed by atoms with van der Waals surface area (Å²) in [5.74, 6) is 7.38. The van der Waals surface area contributed by atoms with Gasteiger partial charge >= 0.3 is 23.9 Å². The van der Waals surface area contributed by atoms with Crippen molar-refractivity contribution in [2.45, 2.75) is 108 Å². The highest BCUT2D eigenvalue weighted by Gasteiger charge is 2.32. The third kappa shape index (κ3) is 13.0. The first-order chi connectivity index (χ1) is 21.4. The molecule has 1 unspecified atom stereocenters. The Morgan fingerprint density at radius 2 is 1.38 bits per heavy atom. The number of hydrogen-bond donors (Lipinski definition) is 1. The number of rotatable bonds is 7. The fourth-order valence-electron chi connectivity index (χ4n) is 4.79. The molecule has 0 spiro atoms. The number of esters is 4. The van der Waals surface area contributed by atoms with E-state index in [2.05, 4.69) is 35.2 Å². The van der Waals surface area contributed by atoms with Crippen molar-refractivity contribution in [1.82, 2.24) is 5.32 Å².